The van der Waals surface area contributed by atoms with Crippen molar-refractivity contribution in [1.82, 2.24) is 5.32 Å². The van der Waals surface area contributed by atoms with E-state index in [0.717, 1.165) is 24.9 Å². The lowest BCUT2D eigenvalue weighted by atomic mass is 9.73. The first kappa shape index (κ1) is 11.4. The Morgan fingerprint density at radius 3 is 2.67 bits per heavy atom. The van der Waals surface area contributed by atoms with Crippen molar-refractivity contribution in [2.45, 2.75) is 57.4 Å². The molecule has 3 N–H and O–H groups in total. The molecule has 0 radical (unpaired) electrons. The summed E-state index contributed by atoms with van der Waals surface area (Å²) in [6.07, 6.45) is 9.67. The average Bonchev–Trinajstić information content (AvgIpc) is 3.11. The predicted octanol–water partition coefficient (Wildman–Crippen LogP) is 2.28. The Hall–Kier alpha value is -0.0800. The van der Waals surface area contributed by atoms with Crippen LogP contribution in [0.3, 0.4) is 0 Å². The maximum absolute atomic E-state index is 6.00. The van der Waals surface area contributed by atoms with E-state index < -0.39 is 0 Å². The van der Waals surface area contributed by atoms with Crippen molar-refractivity contribution >= 4 is 0 Å². The first-order valence-corrected chi connectivity index (χ1v) is 6.75. The van der Waals surface area contributed by atoms with Gasteiger partial charge in [0.05, 0.1) is 0 Å². The molecule has 2 aliphatic carbocycles. The third kappa shape index (κ3) is 2.73. The molecule has 2 heteroatoms. The highest BCUT2D eigenvalue weighted by atomic mass is 15.0. The third-order valence-corrected chi connectivity index (χ3v) is 4.31. The van der Waals surface area contributed by atoms with Crippen molar-refractivity contribution in [2.75, 3.05) is 13.1 Å². The van der Waals surface area contributed by atoms with Crippen molar-refractivity contribution in [3.8, 4) is 0 Å². The molecule has 2 unspecified atom stereocenters. The molecule has 0 spiro atoms. The van der Waals surface area contributed by atoms with Crippen LogP contribution in [0.2, 0.25) is 0 Å². The summed E-state index contributed by atoms with van der Waals surface area (Å²) in [5, 5.41) is 3.72. The van der Waals surface area contributed by atoms with Gasteiger partial charge in [0.25, 0.3) is 0 Å². The van der Waals surface area contributed by atoms with Gasteiger partial charge in [-0.15, -0.1) is 0 Å². The second kappa shape index (κ2) is 4.84. The maximum Gasteiger partial charge on any atom is 0.0306 e. The first-order chi connectivity index (χ1) is 7.29. The minimum Gasteiger partial charge on any atom is -0.329 e. The van der Waals surface area contributed by atoms with E-state index in [2.05, 4.69) is 12.2 Å². The minimum absolute atomic E-state index is 0.293. The summed E-state index contributed by atoms with van der Waals surface area (Å²) in [4.78, 5) is 0. The van der Waals surface area contributed by atoms with Crippen molar-refractivity contribution in [3.05, 3.63) is 0 Å². The quantitative estimate of drug-likeness (QED) is 0.730. The SMILES string of the molecule is CCCNC1(CN)CCCC(C2CC2)C1. The molecule has 2 atom stereocenters. The zero-order chi connectivity index (χ0) is 10.7. The van der Waals surface area contributed by atoms with Crippen LogP contribution in [0, 0.1) is 11.8 Å². The van der Waals surface area contributed by atoms with Crippen molar-refractivity contribution in [1.29, 1.82) is 0 Å². The maximum atomic E-state index is 6.00. The van der Waals surface area contributed by atoms with Crippen molar-refractivity contribution in [2.24, 2.45) is 17.6 Å². The van der Waals surface area contributed by atoms with Gasteiger partial charge in [-0.05, 0) is 50.5 Å². The summed E-state index contributed by atoms with van der Waals surface area (Å²) in [5.74, 6) is 2.03. The van der Waals surface area contributed by atoms with Crippen LogP contribution in [-0.2, 0) is 0 Å². The minimum atomic E-state index is 0.293. The molecule has 0 bridgehead atoms. The summed E-state index contributed by atoms with van der Waals surface area (Å²) in [7, 11) is 0. The van der Waals surface area contributed by atoms with Crippen LogP contribution in [-0.4, -0.2) is 18.6 Å². The van der Waals surface area contributed by atoms with Gasteiger partial charge in [-0.2, -0.15) is 0 Å². The third-order valence-electron chi connectivity index (χ3n) is 4.31. The zero-order valence-corrected chi connectivity index (χ0v) is 10.1. The van der Waals surface area contributed by atoms with Crippen LogP contribution in [0.1, 0.15) is 51.9 Å². The zero-order valence-electron chi connectivity index (χ0n) is 10.1. The molecule has 0 amide bonds. The highest BCUT2D eigenvalue weighted by Crippen LogP contribution is 2.46. The van der Waals surface area contributed by atoms with Gasteiger partial charge in [0.15, 0.2) is 0 Å². The van der Waals surface area contributed by atoms with E-state index in [9.17, 15) is 0 Å². The van der Waals surface area contributed by atoms with Crippen LogP contribution in [0.25, 0.3) is 0 Å². The smallest absolute Gasteiger partial charge is 0.0306 e. The molecular weight excluding hydrogens is 184 g/mol. The normalized spacial score (nSPS) is 36.8. The van der Waals surface area contributed by atoms with E-state index in [0.29, 0.717) is 5.54 Å². The first-order valence-electron chi connectivity index (χ1n) is 6.75. The highest BCUT2D eigenvalue weighted by Gasteiger charge is 2.40. The second-order valence-corrected chi connectivity index (χ2v) is 5.61. The van der Waals surface area contributed by atoms with E-state index >= 15 is 0 Å². The van der Waals surface area contributed by atoms with Crippen molar-refractivity contribution in [3.63, 3.8) is 0 Å². The van der Waals surface area contributed by atoms with E-state index in [-0.39, 0.29) is 0 Å². The molecule has 2 saturated carbocycles. The van der Waals surface area contributed by atoms with E-state index in [1.54, 1.807) is 0 Å². The highest BCUT2D eigenvalue weighted by molar-refractivity contribution is 4.98. The summed E-state index contributed by atoms with van der Waals surface area (Å²) < 4.78 is 0. The lowest BCUT2D eigenvalue weighted by Gasteiger charge is -2.41. The molecule has 2 rings (SSSR count). The summed E-state index contributed by atoms with van der Waals surface area (Å²) >= 11 is 0. The number of hydrogen-bond donors (Lipinski definition) is 2. The topological polar surface area (TPSA) is 38.0 Å². The molecule has 88 valence electrons. The monoisotopic (exact) mass is 210 g/mol. The average molecular weight is 210 g/mol. The Balaban J connectivity index is 1.90. The molecule has 0 aliphatic heterocycles. The van der Waals surface area contributed by atoms with E-state index in [1.807, 2.05) is 0 Å². The van der Waals surface area contributed by atoms with E-state index in [4.69, 9.17) is 5.73 Å². The Morgan fingerprint density at radius 1 is 1.27 bits per heavy atom. The van der Waals surface area contributed by atoms with Gasteiger partial charge in [0, 0.05) is 12.1 Å². The molecule has 2 nitrogen and oxygen atoms in total. The Morgan fingerprint density at radius 2 is 2.07 bits per heavy atom. The van der Waals surface area contributed by atoms with Crippen LogP contribution in [0.4, 0.5) is 0 Å². The standard InChI is InChI=1S/C13H26N2/c1-2-8-15-13(10-14)7-3-4-12(9-13)11-5-6-11/h11-12,15H,2-10,14H2,1H3. The summed E-state index contributed by atoms with van der Waals surface area (Å²) in [5.41, 5.74) is 6.29. The largest absolute Gasteiger partial charge is 0.329 e. The van der Waals surface area contributed by atoms with Crippen LogP contribution < -0.4 is 11.1 Å². The van der Waals surface area contributed by atoms with Gasteiger partial charge >= 0.3 is 0 Å². The fourth-order valence-corrected chi connectivity index (χ4v) is 3.19. The number of nitrogens with two attached hydrogens (primary N) is 1. The van der Waals surface area contributed by atoms with E-state index in [1.165, 1.54) is 44.9 Å². The molecule has 0 saturated heterocycles. The van der Waals surface area contributed by atoms with Crippen LogP contribution in [0.5, 0.6) is 0 Å². The lowest BCUT2D eigenvalue weighted by molar-refractivity contribution is 0.170. The molecule has 0 aromatic carbocycles. The molecule has 0 heterocycles. The van der Waals surface area contributed by atoms with Gasteiger partial charge in [-0.1, -0.05) is 19.8 Å². The molecule has 0 aromatic heterocycles. The fourth-order valence-electron chi connectivity index (χ4n) is 3.19. The predicted molar refractivity (Wildman–Crippen MR) is 64.8 cm³/mol. The molecule has 15 heavy (non-hydrogen) atoms. The molecule has 2 aliphatic rings. The van der Waals surface area contributed by atoms with Crippen LogP contribution >= 0.6 is 0 Å². The Labute approximate surface area is 94.0 Å². The number of nitrogens with one attached hydrogen (secondary N) is 1. The van der Waals surface area contributed by atoms with Gasteiger partial charge < -0.3 is 11.1 Å². The Kier molecular flexibility index (Phi) is 3.68. The summed E-state index contributed by atoms with van der Waals surface area (Å²) in [6, 6.07) is 0. The molecule has 2 fully saturated rings. The summed E-state index contributed by atoms with van der Waals surface area (Å²) in [6.45, 7) is 4.20. The Bertz CT molecular complexity index is 201. The second-order valence-electron chi connectivity index (χ2n) is 5.61. The lowest BCUT2D eigenvalue weighted by Crippen LogP contribution is -2.54. The van der Waals surface area contributed by atoms with Gasteiger partial charge in [0.2, 0.25) is 0 Å². The number of rotatable bonds is 5. The van der Waals surface area contributed by atoms with Gasteiger partial charge in [-0.3, -0.25) is 0 Å². The van der Waals surface area contributed by atoms with Gasteiger partial charge in [-0.25, -0.2) is 0 Å². The number of hydrogen-bond acceptors (Lipinski definition) is 2. The van der Waals surface area contributed by atoms with Gasteiger partial charge in [0.1, 0.15) is 0 Å². The fraction of sp³-hybridized carbons (Fsp3) is 1.00. The van der Waals surface area contributed by atoms with Crippen LogP contribution in [0.15, 0.2) is 0 Å². The molecular formula is C13H26N2. The molecule has 0 aromatic rings. The van der Waals surface area contributed by atoms with Crippen molar-refractivity contribution < 1.29 is 0 Å².